The van der Waals surface area contributed by atoms with E-state index in [0.717, 1.165) is 24.6 Å². The van der Waals surface area contributed by atoms with Gasteiger partial charge < -0.3 is 19.3 Å². The highest BCUT2D eigenvalue weighted by Crippen LogP contribution is 2.23. The number of ether oxygens (including phenoxy) is 2. The van der Waals surface area contributed by atoms with Crippen molar-refractivity contribution in [1.29, 1.82) is 0 Å². The first-order valence-electron chi connectivity index (χ1n) is 8.80. The molecule has 2 aromatic rings. The molecule has 0 atom stereocenters. The quantitative estimate of drug-likeness (QED) is 0.747. The maximum absolute atomic E-state index is 5.52. The lowest BCUT2D eigenvalue weighted by molar-refractivity contribution is -1.02. The average molecular weight is 407 g/mol. The second kappa shape index (κ2) is 8.70. The van der Waals surface area contributed by atoms with Crippen molar-refractivity contribution < 1.29 is 19.3 Å². The predicted molar refractivity (Wildman–Crippen MR) is 102 cm³/mol. The van der Waals surface area contributed by atoms with Gasteiger partial charge in [0.1, 0.15) is 50.8 Å². The van der Waals surface area contributed by atoms with Crippen LogP contribution in [0.5, 0.6) is 11.5 Å². The Hall–Kier alpha value is -1.56. The Labute approximate surface area is 158 Å². The van der Waals surface area contributed by atoms with E-state index in [-0.39, 0.29) is 0 Å². The van der Waals surface area contributed by atoms with Crippen LogP contribution in [-0.2, 0) is 13.1 Å². The van der Waals surface area contributed by atoms with Crippen molar-refractivity contribution in [2.75, 3.05) is 40.4 Å². The summed E-state index contributed by atoms with van der Waals surface area (Å²) in [5, 5.41) is 0. The molecule has 2 aromatic carbocycles. The molecule has 0 aliphatic carbocycles. The minimum absolute atomic E-state index is 0.897. The normalized spacial score (nSPS) is 20.3. The lowest BCUT2D eigenvalue weighted by Crippen LogP contribution is -3.27. The Kier molecular flexibility index (Phi) is 6.34. The van der Waals surface area contributed by atoms with Crippen LogP contribution in [0, 0.1) is 0 Å². The maximum Gasteiger partial charge on any atom is 0.127 e. The van der Waals surface area contributed by atoms with E-state index in [4.69, 9.17) is 9.47 Å². The van der Waals surface area contributed by atoms with Crippen molar-refractivity contribution >= 4 is 15.9 Å². The van der Waals surface area contributed by atoms with Crippen molar-refractivity contribution in [2.45, 2.75) is 13.1 Å². The number of benzene rings is 2. The van der Waals surface area contributed by atoms with E-state index >= 15 is 0 Å². The fourth-order valence-electron chi connectivity index (χ4n) is 3.54. The van der Waals surface area contributed by atoms with Crippen LogP contribution >= 0.6 is 15.9 Å². The second-order valence-electron chi connectivity index (χ2n) is 6.66. The largest absolute Gasteiger partial charge is 0.497 e. The second-order valence-corrected chi connectivity index (χ2v) is 7.58. The highest BCUT2D eigenvalue weighted by atomic mass is 79.9. The molecular formula is C20H27BrN2O2+2. The maximum atomic E-state index is 5.52. The van der Waals surface area contributed by atoms with Gasteiger partial charge in [-0.2, -0.15) is 0 Å². The van der Waals surface area contributed by atoms with Crippen LogP contribution in [0.15, 0.2) is 46.9 Å². The summed E-state index contributed by atoms with van der Waals surface area (Å²) in [6.45, 7) is 6.87. The van der Waals surface area contributed by atoms with E-state index in [1.54, 1.807) is 24.0 Å². The van der Waals surface area contributed by atoms with Gasteiger partial charge in [-0.15, -0.1) is 0 Å². The zero-order chi connectivity index (χ0) is 17.6. The lowest BCUT2D eigenvalue weighted by atomic mass is 10.1. The van der Waals surface area contributed by atoms with Gasteiger partial charge in [0.2, 0.25) is 0 Å². The van der Waals surface area contributed by atoms with Gasteiger partial charge in [-0.1, -0.05) is 28.1 Å². The topological polar surface area (TPSA) is 27.3 Å². The molecule has 1 heterocycles. The first-order chi connectivity index (χ1) is 12.2. The van der Waals surface area contributed by atoms with Crippen LogP contribution in [0.2, 0.25) is 0 Å². The van der Waals surface area contributed by atoms with Gasteiger partial charge in [0.15, 0.2) is 0 Å². The summed E-state index contributed by atoms with van der Waals surface area (Å²) < 4.78 is 12.0. The summed E-state index contributed by atoms with van der Waals surface area (Å²) in [5.74, 6) is 1.85. The SMILES string of the molecule is COc1ccc(OC)c(C[NH+]2CC[NH+](Cc3cccc(Br)c3)CC2)c1. The van der Waals surface area contributed by atoms with E-state index in [1.165, 1.54) is 41.8 Å². The Morgan fingerprint density at radius 1 is 0.880 bits per heavy atom. The molecule has 3 rings (SSSR count). The Morgan fingerprint density at radius 2 is 1.60 bits per heavy atom. The first kappa shape index (κ1) is 18.2. The number of rotatable bonds is 6. The van der Waals surface area contributed by atoms with Crippen molar-refractivity contribution in [3.05, 3.63) is 58.1 Å². The van der Waals surface area contributed by atoms with Crippen molar-refractivity contribution in [3.63, 3.8) is 0 Å². The van der Waals surface area contributed by atoms with Gasteiger partial charge in [0.05, 0.1) is 19.8 Å². The fraction of sp³-hybridized carbons (Fsp3) is 0.400. The highest BCUT2D eigenvalue weighted by Gasteiger charge is 2.24. The zero-order valence-corrected chi connectivity index (χ0v) is 16.6. The molecule has 1 aliphatic heterocycles. The molecule has 25 heavy (non-hydrogen) atoms. The van der Waals surface area contributed by atoms with Crippen LogP contribution in [0.3, 0.4) is 0 Å². The molecule has 0 radical (unpaired) electrons. The van der Waals surface area contributed by atoms with Crippen molar-refractivity contribution in [3.8, 4) is 11.5 Å². The van der Waals surface area contributed by atoms with E-state index in [0.29, 0.717) is 0 Å². The average Bonchev–Trinajstić information content (AvgIpc) is 2.63. The molecule has 4 nitrogen and oxygen atoms in total. The Morgan fingerprint density at radius 3 is 2.24 bits per heavy atom. The lowest BCUT2D eigenvalue weighted by Gasteiger charge is -2.30. The zero-order valence-electron chi connectivity index (χ0n) is 15.0. The molecule has 0 amide bonds. The van der Waals surface area contributed by atoms with Crippen LogP contribution in [-0.4, -0.2) is 40.4 Å². The first-order valence-corrected chi connectivity index (χ1v) is 9.59. The molecule has 0 bridgehead atoms. The summed E-state index contributed by atoms with van der Waals surface area (Å²) in [5.41, 5.74) is 2.63. The molecule has 1 aliphatic rings. The molecule has 0 unspecified atom stereocenters. The summed E-state index contributed by atoms with van der Waals surface area (Å²) >= 11 is 3.56. The van der Waals surface area contributed by atoms with E-state index in [9.17, 15) is 0 Å². The van der Waals surface area contributed by atoms with Crippen molar-refractivity contribution in [1.82, 2.24) is 0 Å². The van der Waals surface area contributed by atoms with Crippen molar-refractivity contribution in [2.24, 2.45) is 0 Å². The van der Waals surface area contributed by atoms with Gasteiger partial charge in [0, 0.05) is 10.0 Å². The van der Waals surface area contributed by atoms with E-state index in [2.05, 4.69) is 46.3 Å². The van der Waals surface area contributed by atoms with Crippen LogP contribution in [0.4, 0.5) is 0 Å². The summed E-state index contributed by atoms with van der Waals surface area (Å²) in [6.07, 6.45) is 0. The van der Waals surface area contributed by atoms with Gasteiger partial charge in [-0.3, -0.25) is 0 Å². The van der Waals surface area contributed by atoms with Crippen LogP contribution in [0.25, 0.3) is 0 Å². The number of hydrogen-bond donors (Lipinski definition) is 2. The Balaban J connectivity index is 1.56. The Bertz CT molecular complexity index is 700. The standard InChI is InChI=1S/C20H25BrN2O2/c1-24-19-6-7-20(25-2)17(13-19)15-23-10-8-22(9-11-23)14-16-4-3-5-18(21)12-16/h3-7,12-13H,8-11,14-15H2,1-2H3/p+2. The van der Waals surface area contributed by atoms with Crippen LogP contribution in [0.1, 0.15) is 11.1 Å². The molecule has 5 heteroatoms. The fourth-order valence-corrected chi connectivity index (χ4v) is 3.98. The minimum atomic E-state index is 0.897. The minimum Gasteiger partial charge on any atom is -0.497 e. The number of quaternary nitrogens is 2. The molecule has 0 spiro atoms. The highest BCUT2D eigenvalue weighted by molar-refractivity contribution is 9.10. The number of hydrogen-bond acceptors (Lipinski definition) is 2. The van der Waals surface area contributed by atoms with Crippen LogP contribution < -0.4 is 19.3 Å². The molecule has 1 fully saturated rings. The molecule has 0 saturated carbocycles. The van der Waals surface area contributed by atoms with E-state index < -0.39 is 0 Å². The predicted octanol–water partition coefficient (Wildman–Crippen LogP) is 0.950. The number of piperazine rings is 1. The third kappa shape index (κ3) is 4.97. The summed E-state index contributed by atoms with van der Waals surface area (Å²) in [6, 6.07) is 14.7. The van der Waals surface area contributed by atoms with Gasteiger partial charge >= 0.3 is 0 Å². The van der Waals surface area contributed by atoms with Gasteiger partial charge in [-0.25, -0.2) is 0 Å². The molecule has 134 valence electrons. The summed E-state index contributed by atoms with van der Waals surface area (Å²) in [7, 11) is 3.45. The molecule has 0 aromatic heterocycles. The number of halogens is 1. The van der Waals surface area contributed by atoms with Gasteiger partial charge in [-0.05, 0) is 30.3 Å². The number of nitrogens with one attached hydrogen (secondary N) is 2. The van der Waals surface area contributed by atoms with E-state index in [1.807, 2.05) is 12.1 Å². The molecule has 2 N–H and O–H groups in total. The molecular weight excluding hydrogens is 380 g/mol. The number of methoxy groups -OCH3 is 2. The van der Waals surface area contributed by atoms with Gasteiger partial charge in [0.25, 0.3) is 0 Å². The third-order valence-electron chi connectivity index (χ3n) is 4.94. The monoisotopic (exact) mass is 406 g/mol. The molecule has 1 saturated heterocycles. The third-order valence-corrected chi connectivity index (χ3v) is 5.43. The smallest absolute Gasteiger partial charge is 0.127 e. The summed E-state index contributed by atoms with van der Waals surface area (Å²) in [4.78, 5) is 3.28.